The molecule has 1 aliphatic heterocycles. The Kier molecular flexibility index (Phi) is 3.01. The lowest BCUT2D eigenvalue weighted by atomic mass is 9.84. The van der Waals surface area contributed by atoms with Gasteiger partial charge in [-0.05, 0) is 25.2 Å². The largest absolute Gasteiger partial charge is 0.352 e. The molecule has 2 aliphatic rings. The summed E-state index contributed by atoms with van der Waals surface area (Å²) >= 11 is 0. The predicted molar refractivity (Wildman–Crippen MR) is 51.3 cm³/mol. The topological polar surface area (TPSA) is 18.5 Å². The molecular formula is C11H18O2. The van der Waals surface area contributed by atoms with E-state index in [2.05, 4.69) is 19.1 Å². The molecule has 0 aromatic carbocycles. The van der Waals surface area contributed by atoms with Crippen LogP contribution in [-0.4, -0.2) is 19.5 Å². The van der Waals surface area contributed by atoms with Gasteiger partial charge in [0.2, 0.25) is 0 Å². The smallest absolute Gasteiger partial charge is 0.160 e. The predicted octanol–water partition coefficient (Wildman–Crippen LogP) is 2.35. The number of hydrogen-bond donors (Lipinski definition) is 0. The summed E-state index contributed by atoms with van der Waals surface area (Å²) in [6.07, 6.45) is 7.93. The van der Waals surface area contributed by atoms with Crippen LogP contribution in [0.25, 0.3) is 0 Å². The molecule has 2 heteroatoms. The molecule has 2 atom stereocenters. The van der Waals surface area contributed by atoms with Gasteiger partial charge >= 0.3 is 0 Å². The molecule has 0 amide bonds. The highest BCUT2D eigenvalue weighted by Gasteiger charge is 2.29. The summed E-state index contributed by atoms with van der Waals surface area (Å²) in [6, 6.07) is 0. The molecule has 0 spiro atoms. The van der Waals surface area contributed by atoms with E-state index in [4.69, 9.17) is 9.47 Å². The fraction of sp³-hybridized carbons (Fsp3) is 0.818. The molecular weight excluding hydrogens is 164 g/mol. The van der Waals surface area contributed by atoms with Crippen LogP contribution in [0.15, 0.2) is 12.2 Å². The Morgan fingerprint density at radius 2 is 1.77 bits per heavy atom. The van der Waals surface area contributed by atoms with Crippen LogP contribution in [0.3, 0.4) is 0 Å². The van der Waals surface area contributed by atoms with Gasteiger partial charge in [0.15, 0.2) is 6.29 Å². The van der Waals surface area contributed by atoms with Gasteiger partial charge in [0.25, 0.3) is 0 Å². The first kappa shape index (κ1) is 9.22. The number of allylic oxidation sites excluding steroid dienone is 2. The first-order chi connectivity index (χ1) is 6.38. The van der Waals surface area contributed by atoms with Gasteiger partial charge < -0.3 is 9.47 Å². The molecule has 13 heavy (non-hydrogen) atoms. The summed E-state index contributed by atoms with van der Waals surface area (Å²) in [5.74, 6) is 1.28. The van der Waals surface area contributed by atoms with Crippen molar-refractivity contribution in [3.05, 3.63) is 12.2 Å². The van der Waals surface area contributed by atoms with Crippen LogP contribution in [0.4, 0.5) is 0 Å². The maximum atomic E-state index is 5.63. The Morgan fingerprint density at radius 1 is 1.08 bits per heavy atom. The lowest BCUT2D eigenvalue weighted by Gasteiger charge is -2.34. The van der Waals surface area contributed by atoms with Crippen molar-refractivity contribution in [1.82, 2.24) is 0 Å². The zero-order chi connectivity index (χ0) is 9.10. The van der Waals surface area contributed by atoms with Gasteiger partial charge in [-0.3, -0.25) is 0 Å². The molecule has 74 valence electrons. The van der Waals surface area contributed by atoms with E-state index in [1.165, 1.54) is 6.42 Å². The van der Waals surface area contributed by atoms with Crippen LogP contribution in [0.5, 0.6) is 0 Å². The summed E-state index contributed by atoms with van der Waals surface area (Å²) in [7, 11) is 0. The quantitative estimate of drug-likeness (QED) is 0.579. The lowest BCUT2D eigenvalue weighted by Crippen LogP contribution is -2.36. The first-order valence-corrected chi connectivity index (χ1v) is 5.26. The minimum Gasteiger partial charge on any atom is -0.352 e. The van der Waals surface area contributed by atoms with Crippen molar-refractivity contribution in [1.29, 1.82) is 0 Å². The van der Waals surface area contributed by atoms with E-state index in [0.29, 0.717) is 11.8 Å². The van der Waals surface area contributed by atoms with Gasteiger partial charge in [-0.25, -0.2) is 0 Å². The molecule has 0 bridgehead atoms. The molecule has 1 saturated heterocycles. The van der Waals surface area contributed by atoms with Gasteiger partial charge in [-0.1, -0.05) is 19.1 Å². The van der Waals surface area contributed by atoms with E-state index in [0.717, 1.165) is 26.1 Å². The molecule has 1 heterocycles. The fourth-order valence-corrected chi connectivity index (χ4v) is 2.10. The second-order valence-corrected chi connectivity index (χ2v) is 4.05. The van der Waals surface area contributed by atoms with Gasteiger partial charge in [-0.15, -0.1) is 0 Å². The molecule has 0 radical (unpaired) electrons. The van der Waals surface area contributed by atoms with Crippen molar-refractivity contribution in [2.24, 2.45) is 11.8 Å². The lowest BCUT2D eigenvalue weighted by molar-refractivity contribution is -0.212. The zero-order valence-corrected chi connectivity index (χ0v) is 8.24. The van der Waals surface area contributed by atoms with E-state index in [1.54, 1.807) is 0 Å². The molecule has 0 aromatic heterocycles. The molecule has 1 fully saturated rings. The van der Waals surface area contributed by atoms with Crippen molar-refractivity contribution in [3.63, 3.8) is 0 Å². The Morgan fingerprint density at radius 3 is 2.46 bits per heavy atom. The normalized spacial score (nSPS) is 36.4. The summed E-state index contributed by atoms with van der Waals surface area (Å²) in [6.45, 7) is 4.03. The highest BCUT2D eigenvalue weighted by Crippen LogP contribution is 2.31. The fourth-order valence-electron chi connectivity index (χ4n) is 2.10. The van der Waals surface area contributed by atoms with Gasteiger partial charge in [-0.2, -0.15) is 0 Å². The van der Waals surface area contributed by atoms with Crippen molar-refractivity contribution in [2.45, 2.75) is 32.5 Å². The SMILES string of the molecule is CC1CC=CCC1C1OCCCO1. The molecule has 2 nitrogen and oxygen atoms in total. The summed E-state index contributed by atoms with van der Waals surface area (Å²) in [4.78, 5) is 0. The van der Waals surface area contributed by atoms with Crippen LogP contribution >= 0.6 is 0 Å². The van der Waals surface area contributed by atoms with E-state index in [-0.39, 0.29) is 6.29 Å². The van der Waals surface area contributed by atoms with Gasteiger partial charge in [0, 0.05) is 5.92 Å². The third-order valence-electron chi connectivity index (χ3n) is 3.02. The average molecular weight is 182 g/mol. The minimum absolute atomic E-state index is 0.0636. The van der Waals surface area contributed by atoms with Gasteiger partial charge in [0.1, 0.15) is 0 Å². The van der Waals surface area contributed by atoms with Crippen LogP contribution in [0, 0.1) is 11.8 Å². The Bertz CT molecular complexity index is 183. The van der Waals surface area contributed by atoms with Crippen LogP contribution < -0.4 is 0 Å². The second-order valence-electron chi connectivity index (χ2n) is 4.05. The first-order valence-electron chi connectivity index (χ1n) is 5.26. The summed E-state index contributed by atoms with van der Waals surface area (Å²) in [5.41, 5.74) is 0. The summed E-state index contributed by atoms with van der Waals surface area (Å²) in [5, 5.41) is 0. The van der Waals surface area contributed by atoms with Crippen molar-refractivity contribution >= 4 is 0 Å². The van der Waals surface area contributed by atoms with Crippen molar-refractivity contribution < 1.29 is 9.47 Å². The van der Waals surface area contributed by atoms with E-state index >= 15 is 0 Å². The van der Waals surface area contributed by atoms with Crippen molar-refractivity contribution in [2.75, 3.05) is 13.2 Å². The molecule has 0 saturated carbocycles. The molecule has 0 aromatic rings. The maximum Gasteiger partial charge on any atom is 0.160 e. The van der Waals surface area contributed by atoms with Crippen LogP contribution in [0.1, 0.15) is 26.2 Å². The highest BCUT2D eigenvalue weighted by atomic mass is 16.7. The monoisotopic (exact) mass is 182 g/mol. The highest BCUT2D eigenvalue weighted by molar-refractivity contribution is 4.94. The van der Waals surface area contributed by atoms with E-state index < -0.39 is 0 Å². The number of rotatable bonds is 1. The molecule has 2 rings (SSSR count). The van der Waals surface area contributed by atoms with Gasteiger partial charge in [0.05, 0.1) is 13.2 Å². The van der Waals surface area contributed by atoms with Crippen LogP contribution in [-0.2, 0) is 9.47 Å². The Balaban J connectivity index is 1.93. The van der Waals surface area contributed by atoms with Crippen LogP contribution in [0.2, 0.25) is 0 Å². The molecule has 0 N–H and O–H groups in total. The van der Waals surface area contributed by atoms with E-state index in [9.17, 15) is 0 Å². The van der Waals surface area contributed by atoms with E-state index in [1.807, 2.05) is 0 Å². The maximum absolute atomic E-state index is 5.63. The standard InChI is InChI=1S/C11H18O2/c1-9-5-2-3-6-10(9)11-12-7-4-8-13-11/h2-3,9-11H,4-8H2,1H3. The third-order valence-corrected chi connectivity index (χ3v) is 3.02. The van der Waals surface area contributed by atoms with Crippen molar-refractivity contribution in [3.8, 4) is 0 Å². The second kappa shape index (κ2) is 4.25. The number of ether oxygens (including phenoxy) is 2. The zero-order valence-electron chi connectivity index (χ0n) is 8.24. The molecule has 2 unspecified atom stereocenters. The minimum atomic E-state index is 0.0636. The third kappa shape index (κ3) is 2.12. The summed E-state index contributed by atoms with van der Waals surface area (Å²) < 4.78 is 11.3. The number of hydrogen-bond acceptors (Lipinski definition) is 2. The Hall–Kier alpha value is -0.340. The Labute approximate surface area is 79.9 Å². The molecule has 1 aliphatic carbocycles. The average Bonchev–Trinajstić information content (AvgIpc) is 2.20.